The van der Waals surface area contributed by atoms with Crippen molar-refractivity contribution < 1.29 is 38.3 Å². The molecule has 0 saturated carbocycles. The smallest absolute Gasteiger partial charge is 0.337 e. The monoisotopic (exact) mass is 690 g/mol. The zero-order valence-electron chi connectivity index (χ0n) is 26.7. The van der Waals surface area contributed by atoms with Crippen LogP contribution in [0.3, 0.4) is 0 Å². The Morgan fingerprint density at radius 2 is 1.53 bits per heavy atom. The molecule has 0 fully saturated rings. The van der Waals surface area contributed by atoms with Gasteiger partial charge in [-0.3, -0.25) is 29.6 Å². The lowest BCUT2D eigenvalue weighted by molar-refractivity contribution is -0.394. The van der Waals surface area contributed by atoms with Crippen LogP contribution in [0.5, 0.6) is 28.7 Å². The van der Waals surface area contributed by atoms with Gasteiger partial charge >= 0.3 is 11.7 Å². The number of ether oxygens (including phenoxy) is 5. The van der Waals surface area contributed by atoms with Gasteiger partial charge in [-0.25, -0.2) is 9.79 Å². The molecule has 16 heteroatoms. The standard InChI is InChI=1S/C33H30N4O11S/c1-5-45-25-12-9-20(16-28(25)47-7-3)30-22(32(39)44-4)18-34-33-35(30)31(38)29(49-33)15-19-8-11-26(27(14-19)46-6-2)48-24-13-10-21(36(40)41)17-23(24)37(42)43/h8-18,30H,5-7H2,1-4H3/b29-15+/t30-/m1/s1. The Labute approximate surface area is 282 Å². The number of hydrogen-bond acceptors (Lipinski definition) is 13. The molecule has 4 aromatic rings. The summed E-state index contributed by atoms with van der Waals surface area (Å²) in [6, 6.07) is 12.1. The summed E-state index contributed by atoms with van der Waals surface area (Å²) in [4.78, 5) is 52.9. The van der Waals surface area contributed by atoms with E-state index in [9.17, 15) is 29.8 Å². The molecule has 1 aliphatic heterocycles. The second-order valence-electron chi connectivity index (χ2n) is 10.2. The topological polar surface area (TPSA) is 184 Å². The lowest BCUT2D eigenvalue weighted by Crippen LogP contribution is -2.39. The van der Waals surface area contributed by atoms with Crippen LogP contribution < -0.4 is 33.8 Å². The number of nitrogens with zero attached hydrogens (tertiary/aromatic N) is 4. The van der Waals surface area contributed by atoms with Crippen molar-refractivity contribution in [3.63, 3.8) is 0 Å². The van der Waals surface area contributed by atoms with E-state index in [1.54, 1.807) is 43.3 Å². The molecule has 3 aromatic carbocycles. The molecule has 0 spiro atoms. The van der Waals surface area contributed by atoms with E-state index < -0.39 is 38.8 Å². The first-order valence-corrected chi connectivity index (χ1v) is 15.8. The number of methoxy groups -OCH3 is 1. The second-order valence-corrected chi connectivity index (χ2v) is 11.2. The van der Waals surface area contributed by atoms with Gasteiger partial charge in [-0.05, 0) is 68.3 Å². The van der Waals surface area contributed by atoms with Crippen molar-refractivity contribution in [2.45, 2.75) is 26.8 Å². The minimum Gasteiger partial charge on any atom is -0.490 e. The summed E-state index contributed by atoms with van der Waals surface area (Å²) in [6.07, 6.45) is 3.01. The maximum Gasteiger partial charge on any atom is 0.337 e. The number of hydrogen-bond donors (Lipinski definition) is 0. The van der Waals surface area contributed by atoms with Crippen molar-refractivity contribution >= 4 is 34.8 Å². The Balaban J connectivity index is 1.58. The number of nitro benzene ring substituents is 2. The van der Waals surface area contributed by atoms with Gasteiger partial charge in [-0.2, -0.15) is 0 Å². The molecule has 15 nitrogen and oxygen atoms in total. The first-order valence-electron chi connectivity index (χ1n) is 15.0. The molecule has 2 heterocycles. The van der Waals surface area contributed by atoms with Gasteiger partial charge < -0.3 is 23.7 Å². The molecule has 0 aliphatic carbocycles. The Hall–Kier alpha value is -6.03. The van der Waals surface area contributed by atoms with Crippen LogP contribution in [-0.2, 0) is 9.53 Å². The van der Waals surface area contributed by atoms with E-state index in [1.807, 2.05) is 13.8 Å². The first kappa shape index (κ1) is 34.3. The molecule has 0 amide bonds. The lowest BCUT2D eigenvalue weighted by Gasteiger charge is -2.23. The first-order chi connectivity index (χ1) is 23.6. The third kappa shape index (κ3) is 7.13. The molecule has 0 unspecified atom stereocenters. The fourth-order valence-corrected chi connectivity index (χ4v) is 6.04. The molecular weight excluding hydrogens is 660 g/mol. The van der Waals surface area contributed by atoms with Gasteiger partial charge in [0.1, 0.15) is 0 Å². The van der Waals surface area contributed by atoms with Crippen LogP contribution in [0.25, 0.3) is 6.08 Å². The van der Waals surface area contributed by atoms with Crippen LogP contribution in [0.15, 0.2) is 76.2 Å². The highest BCUT2D eigenvalue weighted by Crippen LogP contribution is 2.39. The normalized spacial score (nSPS) is 13.8. The van der Waals surface area contributed by atoms with Crippen molar-refractivity contribution in [3.8, 4) is 28.7 Å². The van der Waals surface area contributed by atoms with Crippen LogP contribution in [0.4, 0.5) is 11.4 Å². The van der Waals surface area contributed by atoms with Gasteiger partial charge in [0.15, 0.2) is 27.8 Å². The zero-order chi connectivity index (χ0) is 35.2. The Kier molecular flexibility index (Phi) is 10.4. The summed E-state index contributed by atoms with van der Waals surface area (Å²) < 4.78 is 29.8. The molecule has 1 aliphatic rings. The van der Waals surface area contributed by atoms with E-state index >= 15 is 0 Å². The Morgan fingerprint density at radius 3 is 2.18 bits per heavy atom. The average Bonchev–Trinajstić information content (AvgIpc) is 3.40. The zero-order valence-corrected chi connectivity index (χ0v) is 27.6. The molecular formula is C33H30N4O11S. The van der Waals surface area contributed by atoms with Crippen LogP contribution in [0.2, 0.25) is 0 Å². The van der Waals surface area contributed by atoms with E-state index in [2.05, 4.69) is 4.99 Å². The van der Waals surface area contributed by atoms with E-state index in [4.69, 9.17) is 23.7 Å². The second kappa shape index (κ2) is 14.8. The van der Waals surface area contributed by atoms with E-state index in [1.165, 1.54) is 23.9 Å². The highest BCUT2D eigenvalue weighted by molar-refractivity contribution is 7.07. The molecule has 0 N–H and O–H groups in total. The van der Waals surface area contributed by atoms with Crippen LogP contribution in [-0.4, -0.2) is 47.3 Å². The van der Waals surface area contributed by atoms with Gasteiger partial charge in [-0.15, -0.1) is 0 Å². The minimum atomic E-state index is -0.881. The fraction of sp³-hybridized carbons (Fsp3) is 0.242. The average molecular weight is 691 g/mol. The summed E-state index contributed by atoms with van der Waals surface area (Å²) in [6.45, 7) is 6.41. The largest absolute Gasteiger partial charge is 0.490 e. The number of benzene rings is 3. The summed E-state index contributed by atoms with van der Waals surface area (Å²) in [5, 5.41) is 22.8. The van der Waals surface area contributed by atoms with E-state index in [0.717, 1.165) is 29.5 Å². The van der Waals surface area contributed by atoms with Crippen molar-refractivity contribution in [1.29, 1.82) is 0 Å². The Bertz CT molecular complexity index is 2160. The predicted octanol–water partition coefficient (Wildman–Crippen LogP) is 4.82. The molecule has 1 atom stereocenters. The maximum absolute atomic E-state index is 14.0. The van der Waals surface area contributed by atoms with Crippen molar-refractivity contribution in [1.82, 2.24) is 4.57 Å². The Morgan fingerprint density at radius 1 is 0.878 bits per heavy atom. The highest BCUT2D eigenvalue weighted by atomic mass is 32.1. The van der Waals surface area contributed by atoms with Gasteiger partial charge in [0.25, 0.3) is 11.2 Å². The third-order valence-electron chi connectivity index (χ3n) is 7.14. The molecule has 0 radical (unpaired) electrons. The number of non-ortho nitro benzene ring substituents is 1. The van der Waals surface area contributed by atoms with Gasteiger partial charge in [0.05, 0.1) is 59.0 Å². The number of esters is 1. The van der Waals surface area contributed by atoms with Crippen LogP contribution in [0, 0.1) is 20.2 Å². The van der Waals surface area contributed by atoms with Gasteiger partial charge in [0.2, 0.25) is 5.75 Å². The molecule has 49 heavy (non-hydrogen) atoms. The van der Waals surface area contributed by atoms with Gasteiger partial charge in [0, 0.05) is 12.3 Å². The predicted molar refractivity (Wildman–Crippen MR) is 177 cm³/mol. The summed E-state index contributed by atoms with van der Waals surface area (Å²) in [7, 11) is 1.25. The molecule has 0 saturated heterocycles. The molecule has 1 aromatic heterocycles. The van der Waals surface area contributed by atoms with Crippen LogP contribution in [0.1, 0.15) is 37.9 Å². The third-order valence-corrected chi connectivity index (χ3v) is 8.14. The molecule has 5 rings (SSSR count). The number of thiazole rings is 1. The van der Waals surface area contributed by atoms with Crippen molar-refractivity contribution in [2.75, 3.05) is 26.9 Å². The van der Waals surface area contributed by atoms with E-state index in [0.29, 0.717) is 45.2 Å². The number of fused-ring (bicyclic) bond motifs is 1. The van der Waals surface area contributed by atoms with E-state index in [-0.39, 0.29) is 29.4 Å². The molecule has 254 valence electrons. The quantitative estimate of drug-likeness (QED) is 0.106. The summed E-state index contributed by atoms with van der Waals surface area (Å²) >= 11 is 1.11. The lowest BCUT2D eigenvalue weighted by atomic mass is 9.97. The SMILES string of the molecule is CCOc1ccc([C@@H]2C(C(=O)OC)=CN=c3s/c(=C/c4ccc(Oc5ccc([N+](=O)[O-])cc5[N+](=O)[O-])c(OCC)c4)c(=O)n32)cc1OCC. The number of nitro groups is 2. The molecule has 0 bridgehead atoms. The fourth-order valence-electron chi connectivity index (χ4n) is 5.07. The van der Waals surface area contributed by atoms with Crippen molar-refractivity contribution in [3.05, 3.63) is 117 Å². The summed E-state index contributed by atoms with van der Waals surface area (Å²) in [5.41, 5.74) is -0.222. The van der Waals surface area contributed by atoms with Gasteiger partial charge in [-0.1, -0.05) is 23.5 Å². The number of rotatable bonds is 13. The number of aromatic nitrogens is 1. The van der Waals surface area contributed by atoms with Crippen LogP contribution >= 0.6 is 11.3 Å². The highest BCUT2D eigenvalue weighted by Gasteiger charge is 2.31. The number of carbonyl (C=O) groups excluding carboxylic acids is 1. The maximum atomic E-state index is 14.0. The number of carbonyl (C=O) groups is 1. The minimum absolute atomic E-state index is 0.112. The summed E-state index contributed by atoms with van der Waals surface area (Å²) in [5.74, 6) is 0.418. The van der Waals surface area contributed by atoms with Crippen molar-refractivity contribution in [2.24, 2.45) is 4.99 Å².